The van der Waals surface area contributed by atoms with Gasteiger partial charge in [0.1, 0.15) is 0 Å². The van der Waals surface area contributed by atoms with Gasteiger partial charge in [-0.1, -0.05) is 34.1 Å². The van der Waals surface area contributed by atoms with Crippen LogP contribution in [0.3, 0.4) is 0 Å². The molecule has 0 spiro atoms. The Morgan fingerprint density at radius 1 is 1.11 bits per heavy atom. The first-order chi connectivity index (χ1) is 8.28. The number of hydrogen-bond donors (Lipinski definition) is 0. The maximum Gasteiger partial charge on any atom is 0.304 e. The summed E-state index contributed by atoms with van der Waals surface area (Å²) in [4.78, 5) is 11.8. The summed E-state index contributed by atoms with van der Waals surface area (Å²) in [5.74, 6) is 0.0111. The van der Waals surface area contributed by atoms with Gasteiger partial charge >= 0.3 is 5.78 Å². The lowest BCUT2D eigenvalue weighted by atomic mass is 9.63. The average molecular weight is 242 g/mol. The molecule has 1 aromatic rings. The first-order valence-corrected chi connectivity index (χ1v) is 6.60. The third-order valence-corrected chi connectivity index (χ3v) is 4.32. The molecule has 0 atom stereocenters. The predicted molar refractivity (Wildman–Crippen MR) is 75.7 cm³/mol. The molecule has 0 radical (unpaired) electrons. The second-order valence-electron chi connectivity index (χ2n) is 6.60. The summed E-state index contributed by atoms with van der Waals surface area (Å²) < 4.78 is 0. The number of carbonyl (C=O) groups excluding carboxylic acids is 1. The zero-order valence-corrected chi connectivity index (χ0v) is 11.8. The molecule has 1 aliphatic rings. The van der Waals surface area contributed by atoms with Crippen LogP contribution in [0.4, 0.5) is 0 Å². The second-order valence-corrected chi connectivity index (χ2v) is 6.60. The van der Waals surface area contributed by atoms with Gasteiger partial charge in [-0.05, 0) is 40.9 Å². The molecular weight excluding hydrogens is 220 g/mol. The summed E-state index contributed by atoms with van der Waals surface area (Å²) >= 11 is 0. The summed E-state index contributed by atoms with van der Waals surface area (Å²) in [6.07, 6.45) is 3.75. The lowest BCUT2D eigenvalue weighted by Crippen LogP contribution is -2.34. The number of carbonyl (C=O) groups is 1. The molecule has 1 aliphatic carbocycles. The van der Waals surface area contributed by atoms with Gasteiger partial charge in [0.2, 0.25) is 0 Å². The zero-order valence-electron chi connectivity index (χ0n) is 11.8. The van der Waals surface area contributed by atoms with Crippen LogP contribution in [0.25, 0.3) is 0 Å². The van der Waals surface area contributed by atoms with Gasteiger partial charge in [0.15, 0.2) is 5.56 Å². The van der Waals surface area contributed by atoms with Gasteiger partial charge in [0.05, 0.1) is 0 Å². The summed E-state index contributed by atoms with van der Waals surface area (Å²) in [6.45, 7) is 12.7. The van der Waals surface area contributed by atoms with Gasteiger partial charge < -0.3 is 0 Å². The Morgan fingerprint density at radius 2 is 1.67 bits per heavy atom. The van der Waals surface area contributed by atoms with Gasteiger partial charge in [-0.25, -0.2) is 11.7 Å². The van der Waals surface area contributed by atoms with E-state index in [4.69, 9.17) is 0 Å². The Kier molecular flexibility index (Phi) is 3.04. The van der Waals surface area contributed by atoms with Crippen LogP contribution < -0.4 is 0 Å². The van der Waals surface area contributed by atoms with Gasteiger partial charge in [0, 0.05) is 12.1 Å². The summed E-state index contributed by atoms with van der Waals surface area (Å²) in [7, 11) is 0. The molecule has 0 amide bonds. The standard InChI is InChI=1S/C17H22O/c1-6-15(18)12-7-8-13-14(11-12)17(4,5)10-9-16(13,2)3/h6-8,11H,1,9-10H2,2-5H3. The Morgan fingerprint density at radius 3 is 2.22 bits per heavy atom. The van der Waals surface area contributed by atoms with Crippen LogP contribution >= 0.6 is 0 Å². The summed E-state index contributed by atoms with van der Waals surface area (Å²) in [5.41, 5.74) is 3.84. The van der Waals surface area contributed by atoms with Crippen molar-refractivity contribution in [2.75, 3.05) is 0 Å². The lowest BCUT2D eigenvalue weighted by molar-refractivity contribution is 0.103. The number of ketones is 1. The highest BCUT2D eigenvalue weighted by Crippen LogP contribution is 2.45. The Balaban J connectivity index is 2.58. The first kappa shape index (κ1) is 13.2. The molecule has 0 heterocycles. The second kappa shape index (κ2) is 4.15. The van der Waals surface area contributed by atoms with Crippen molar-refractivity contribution in [3.05, 3.63) is 48.2 Å². The molecule has 0 aliphatic heterocycles. The van der Waals surface area contributed by atoms with Crippen molar-refractivity contribution in [1.29, 1.82) is 0 Å². The number of fused-ring (bicyclic) bond motifs is 1. The lowest BCUT2D eigenvalue weighted by Gasteiger charge is -2.41. The van der Waals surface area contributed by atoms with Crippen LogP contribution in [0.15, 0.2) is 18.2 Å². The fourth-order valence-corrected chi connectivity index (χ4v) is 2.86. The molecule has 96 valence electrons. The van der Waals surface area contributed by atoms with Crippen molar-refractivity contribution in [3.63, 3.8) is 0 Å². The summed E-state index contributed by atoms with van der Waals surface area (Å²) in [6, 6.07) is 6.14. The van der Waals surface area contributed by atoms with E-state index >= 15 is 0 Å². The van der Waals surface area contributed by atoms with E-state index < -0.39 is 0 Å². The molecule has 18 heavy (non-hydrogen) atoms. The van der Waals surface area contributed by atoms with Crippen LogP contribution in [0.1, 0.15) is 62.0 Å². The van der Waals surface area contributed by atoms with Gasteiger partial charge in [-0.2, -0.15) is 0 Å². The van der Waals surface area contributed by atoms with E-state index in [0.717, 1.165) is 5.56 Å². The largest absolute Gasteiger partial charge is 0.304 e. The third-order valence-electron chi connectivity index (χ3n) is 4.32. The van der Waals surface area contributed by atoms with E-state index in [0.29, 0.717) is 0 Å². The van der Waals surface area contributed by atoms with Crippen LogP contribution in [0.2, 0.25) is 0 Å². The van der Waals surface area contributed by atoms with E-state index in [2.05, 4.69) is 46.8 Å². The molecule has 1 heteroatoms. The van der Waals surface area contributed by atoms with Gasteiger partial charge in [-0.15, -0.1) is 0 Å². The molecular formula is C17H22O. The fourth-order valence-electron chi connectivity index (χ4n) is 2.86. The quantitative estimate of drug-likeness (QED) is 0.559. The normalized spacial score (nSPS) is 20.1. The molecule has 0 fully saturated rings. The van der Waals surface area contributed by atoms with Crippen molar-refractivity contribution < 1.29 is 4.79 Å². The molecule has 2 rings (SSSR count). The molecule has 0 saturated heterocycles. The van der Waals surface area contributed by atoms with Crippen molar-refractivity contribution in [3.8, 4) is 0 Å². The third kappa shape index (κ3) is 2.07. The molecule has 0 unspecified atom stereocenters. The topological polar surface area (TPSA) is 17.1 Å². The highest BCUT2D eigenvalue weighted by atomic mass is 16.1. The smallest absolute Gasteiger partial charge is 0.244 e. The molecule has 0 saturated carbocycles. The molecule has 1 aromatic carbocycles. The zero-order chi connectivity index (χ0) is 13.6. The maximum absolute atomic E-state index is 11.8. The first-order valence-electron chi connectivity index (χ1n) is 6.60. The molecule has 0 aromatic heterocycles. The fraction of sp³-hybridized carbons (Fsp3) is 0.471. The minimum Gasteiger partial charge on any atom is -0.244 e. The van der Waals surface area contributed by atoms with Crippen molar-refractivity contribution in [2.24, 2.45) is 0 Å². The molecule has 0 bridgehead atoms. The van der Waals surface area contributed by atoms with Crippen molar-refractivity contribution in [2.45, 2.75) is 51.4 Å². The van der Waals surface area contributed by atoms with Crippen LogP contribution in [-0.4, -0.2) is 5.78 Å². The van der Waals surface area contributed by atoms with E-state index in [1.54, 1.807) is 0 Å². The Labute approximate surface area is 111 Å². The van der Waals surface area contributed by atoms with Crippen molar-refractivity contribution in [1.82, 2.24) is 0 Å². The molecule has 0 N–H and O–H groups in total. The maximum atomic E-state index is 11.8. The van der Waals surface area contributed by atoms with Gasteiger partial charge in [0.25, 0.3) is 0 Å². The van der Waals surface area contributed by atoms with Crippen molar-refractivity contribution >= 4 is 5.78 Å². The number of hydrogen-bond acceptors (Lipinski definition) is 1. The number of rotatable bonds is 2. The minimum absolute atomic E-state index is 0.0111. The molecule has 1 nitrogen and oxygen atoms in total. The Bertz CT molecular complexity index is 480. The monoisotopic (exact) mass is 242 g/mol. The highest BCUT2D eigenvalue weighted by molar-refractivity contribution is 6.03. The summed E-state index contributed by atoms with van der Waals surface area (Å²) in [5, 5.41) is 0. The Hall–Kier alpha value is -1.24. The number of benzene rings is 1. The van der Waals surface area contributed by atoms with Gasteiger partial charge in [-0.3, -0.25) is 0 Å². The number of Topliss-reactive ketones (excluding diaryl/α,β-unsaturated/α-hetero) is 1. The average Bonchev–Trinajstić information content (AvgIpc) is 2.34. The SMILES string of the molecule is [CH2-][CH+]C(=O)c1ccc2c(c1)C(C)(C)CCC2(C)C. The van der Waals surface area contributed by atoms with Crippen LogP contribution in [-0.2, 0) is 10.8 Å². The van der Waals surface area contributed by atoms with Crippen LogP contribution in [0, 0.1) is 13.3 Å². The van der Waals surface area contributed by atoms with E-state index in [1.807, 2.05) is 6.07 Å². The van der Waals surface area contributed by atoms with Crippen LogP contribution in [0.5, 0.6) is 0 Å². The minimum atomic E-state index is 0.0111. The highest BCUT2D eigenvalue weighted by Gasteiger charge is 2.38. The van der Waals surface area contributed by atoms with E-state index in [9.17, 15) is 4.79 Å². The predicted octanol–water partition coefficient (Wildman–Crippen LogP) is 4.26. The van der Waals surface area contributed by atoms with E-state index in [1.165, 1.54) is 30.4 Å². The van der Waals surface area contributed by atoms with E-state index in [-0.39, 0.29) is 16.6 Å².